The van der Waals surface area contributed by atoms with E-state index in [0.717, 1.165) is 29.7 Å². The molecule has 1 atom stereocenters. The Hall–Kier alpha value is -2.66. The number of rotatable bonds is 10. The first kappa shape index (κ1) is 23.0. The predicted molar refractivity (Wildman–Crippen MR) is 125 cm³/mol. The average molecular weight is 438 g/mol. The van der Waals surface area contributed by atoms with Gasteiger partial charge in [-0.2, -0.15) is 0 Å². The third kappa shape index (κ3) is 6.93. The van der Waals surface area contributed by atoms with Gasteiger partial charge in [-0.1, -0.05) is 66.2 Å². The van der Waals surface area contributed by atoms with E-state index >= 15 is 0 Å². The molecule has 0 saturated carbocycles. The molecule has 0 aliphatic heterocycles. The average Bonchev–Trinajstić information content (AvgIpc) is 2.78. The third-order valence-electron chi connectivity index (χ3n) is 5.09. The predicted octanol–water partition coefficient (Wildman–Crippen LogP) is 4.97. The highest BCUT2D eigenvalue weighted by atomic mass is 35.5. The van der Waals surface area contributed by atoms with Crippen molar-refractivity contribution in [1.82, 2.24) is 5.32 Å². The van der Waals surface area contributed by atoms with Gasteiger partial charge in [-0.05, 0) is 66.8 Å². The number of carbonyl (C=O) groups is 1. The first-order valence-corrected chi connectivity index (χ1v) is 10.9. The molecule has 31 heavy (non-hydrogen) atoms. The number of ether oxygens (including phenoxy) is 1. The van der Waals surface area contributed by atoms with E-state index in [1.165, 1.54) is 5.56 Å². The Labute approximate surface area is 188 Å². The molecule has 0 aliphatic rings. The second kappa shape index (κ2) is 11.7. The van der Waals surface area contributed by atoms with Gasteiger partial charge < -0.3 is 15.2 Å². The van der Waals surface area contributed by atoms with Gasteiger partial charge in [0.15, 0.2) is 0 Å². The number of aliphatic hydroxyl groups is 1. The summed E-state index contributed by atoms with van der Waals surface area (Å²) in [5.41, 5.74) is 4.76. The second-order valence-electron chi connectivity index (χ2n) is 7.40. The van der Waals surface area contributed by atoms with Crippen LogP contribution in [0, 0.1) is 0 Å². The van der Waals surface area contributed by atoms with Crippen LogP contribution in [0.1, 0.15) is 45.6 Å². The lowest BCUT2D eigenvalue weighted by molar-refractivity contribution is 0.0525. The van der Waals surface area contributed by atoms with Gasteiger partial charge in [0.1, 0.15) is 0 Å². The molecule has 0 amide bonds. The smallest absolute Gasteiger partial charge is 0.338 e. The molecule has 0 heterocycles. The number of aliphatic hydroxyl groups excluding tert-OH is 1. The van der Waals surface area contributed by atoms with E-state index in [4.69, 9.17) is 16.3 Å². The molecule has 2 N–H and O–H groups in total. The summed E-state index contributed by atoms with van der Waals surface area (Å²) in [4.78, 5) is 12.2. The van der Waals surface area contributed by atoms with E-state index in [-0.39, 0.29) is 5.97 Å². The van der Waals surface area contributed by atoms with Crippen LogP contribution in [0.3, 0.4) is 0 Å². The highest BCUT2D eigenvalue weighted by Gasteiger charge is 2.12. The molecule has 0 aromatic heterocycles. The van der Waals surface area contributed by atoms with Gasteiger partial charge in [-0.25, -0.2) is 4.79 Å². The fourth-order valence-corrected chi connectivity index (χ4v) is 3.63. The van der Waals surface area contributed by atoms with Crippen LogP contribution in [0.4, 0.5) is 0 Å². The molecule has 3 aromatic rings. The summed E-state index contributed by atoms with van der Waals surface area (Å²) in [7, 11) is 0. The summed E-state index contributed by atoms with van der Waals surface area (Å²) < 4.78 is 5.16. The van der Waals surface area contributed by atoms with Crippen LogP contribution in [-0.4, -0.2) is 30.8 Å². The lowest BCUT2D eigenvalue weighted by atomic mass is 9.98. The number of benzene rings is 3. The Balaban J connectivity index is 1.49. The van der Waals surface area contributed by atoms with Gasteiger partial charge in [-0.15, -0.1) is 0 Å². The largest absolute Gasteiger partial charge is 0.462 e. The minimum Gasteiger partial charge on any atom is -0.462 e. The maximum absolute atomic E-state index is 12.2. The zero-order valence-electron chi connectivity index (χ0n) is 17.7. The zero-order valence-corrected chi connectivity index (χ0v) is 18.4. The van der Waals surface area contributed by atoms with Crippen molar-refractivity contribution in [2.75, 3.05) is 19.7 Å². The lowest BCUT2D eigenvalue weighted by Crippen LogP contribution is -2.23. The Morgan fingerprint density at radius 1 is 1.03 bits per heavy atom. The van der Waals surface area contributed by atoms with Crippen LogP contribution in [0.2, 0.25) is 5.02 Å². The minimum absolute atomic E-state index is 0.277. The van der Waals surface area contributed by atoms with Gasteiger partial charge >= 0.3 is 5.97 Å². The number of hydrogen-bond donors (Lipinski definition) is 2. The quantitative estimate of drug-likeness (QED) is 0.347. The van der Waals surface area contributed by atoms with Crippen LogP contribution in [0.15, 0.2) is 72.8 Å². The third-order valence-corrected chi connectivity index (χ3v) is 5.33. The molecule has 162 valence electrons. The molecule has 4 nitrogen and oxygen atoms in total. The normalized spacial score (nSPS) is 11.8. The molecule has 0 saturated heterocycles. The van der Waals surface area contributed by atoms with Gasteiger partial charge in [0.25, 0.3) is 0 Å². The highest BCUT2D eigenvalue weighted by molar-refractivity contribution is 6.30. The highest BCUT2D eigenvalue weighted by Crippen LogP contribution is 2.18. The molecule has 0 aliphatic carbocycles. The summed E-state index contributed by atoms with van der Waals surface area (Å²) in [5.74, 6) is -0.277. The maximum atomic E-state index is 12.2. The Kier molecular flexibility index (Phi) is 8.65. The van der Waals surface area contributed by atoms with Gasteiger partial charge in [0.05, 0.1) is 18.3 Å². The van der Waals surface area contributed by atoms with Crippen LogP contribution < -0.4 is 5.32 Å². The van der Waals surface area contributed by atoms with Gasteiger partial charge in [-0.3, -0.25) is 0 Å². The van der Waals surface area contributed by atoms with Crippen LogP contribution in [0.25, 0.3) is 0 Å². The summed E-state index contributed by atoms with van der Waals surface area (Å²) in [6, 6.07) is 23.3. The van der Waals surface area contributed by atoms with Crippen molar-refractivity contribution in [2.45, 2.75) is 25.9 Å². The molecule has 5 heteroatoms. The van der Waals surface area contributed by atoms with Crippen molar-refractivity contribution < 1.29 is 14.6 Å². The van der Waals surface area contributed by atoms with Crippen molar-refractivity contribution in [3.8, 4) is 0 Å². The summed E-state index contributed by atoms with van der Waals surface area (Å²) >= 11 is 5.98. The van der Waals surface area contributed by atoms with E-state index < -0.39 is 6.10 Å². The molecule has 0 radical (unpaired) electrons. The van der Waals surface area contributed by atoms with Crippen molar-refractivity contribution in [3.05, 3.63) is 106 Å². The molecule has 3 rings (SSSR count). The van der Waals surface area contributed by atoms with Crippen LogP contribution >= 0.6 is 11.6 Å². The summed E-state index contributed by atoms with van der Waals surface area (Å²) in [5, 5.41) is 14.2. The number of carbonyl (C=O) groups excluding carboxylic acids is 1. The summed E-state index contributed by atoms with van der Waals surface area (Å²) in [6.07, 6.45) is 0.960. The molecule has 3 aromatic carbocycles. The fourth-order valence-electron chi connectivity index (χ4n) is 3.43. The van der Waals surface area contributed by atoms with E-state index in [0.29, 0.717) is 30.2 Å². The zero-order chi connectivity index (χ0) is 22.1. The van der Waals surface area contributed by atoms with Crippen molar-refractivity contribution >= 4 is 17.6 Å². The van der Waals surface area contributed by atoms with Gasteiger partial charge in [0.2, 0.25) is 0 Å². The number of esters is 1. The fraction of sp³-hybridized carbons (Fsp3) is 0.269. The van der Waals surface area contributed by atoms with Crippen LogP contribution in [0.5, 0.6) is 0 Å². The molecular formula is C26H28ClNO3. The molecular weight excluding hydrogens is 410 g/mol. The summed E-state index contributed by atoms with van der Waals surface area (Å²) in [6.45, 7) is 3.42. The van der Waals surface area contributed by atoms with Gasteiger partial charge in [0, 0.05) is 11.6 Å². The molecule has 0 fully saturated rings. The SMILES string of the molecule is CCOC(=O)c1ccccc1Cc1ccc(CCNCC(O)c2cccc(Cl)c2)cc1. The lowest BCUT2D eigenvalue weighted by Gasteiger charge is -2.13. The Morgan fingerprint density at radius 2 is 1.77 bits per heavy atom. The molecule has 0 spiro atoms. The topological polar surface area (TPSA) is 58.6 Å². The van der Waals surface area contributed by atoms with E-state index in [1.54, 1.807) is 12.1 Å². The molecule has 1 unspecified atom stereocenters. The van der Waals surface area contributed by atoms with Crippen molar-refractivity contribution in [1.29, 1.82) is 0 Å². The Morgan fingerprint density at radius 3 is 2.52 bits per heavy atom. The van der Waals surface area contributed by atoms with E-state index in [9.17, 15) is 9.90 Å². The minimum atomic E-state index is -0.583. The van der Waals surface area contributed by atoms with Crippen molar-refractivity contribution in [3.63, 3.8) is 0 Å². The van der Waals surface area contributed by atoms with Crippen LogP contribution in [-0.2, 0) is 17.6 Å². The number of nitrogens with one attached hydrogen (secondary N) is 1. The number of hydrogen-bond acceptors (Lipinski definition) is 4. The second-order valence-corrected chi connectivity index (χ2v) is 7.83. The first-order valence-electron chi connectivity index (χ1n) is 10.5. The Bertz CT molecular complexity index is 988. The van der Waals surface area contributed by atoms with E-state index in [1.807, 2.05) is 43.3 Å². The molecule has 0 bridgehead atoms. The first-order chi connectivity index (χ1) is 15.1. The van der Waals surface area contributed by atoms with Crippen molar-refractivity contribution in [2.24, 2.45) is 0 Å². The number of halogens is 1. The monoisotopic (exact) mass is 437 g/mol. The standard InChI is InChI=1S/C26H28ClNO3/c1-2-31-26(30)24-9-4-3-6-21(24)16-20-12-10-19(11-13-20)14-15-28-18-25(29)22-7-5-8-23(27)17-22/h3-13,17,25,28-29H,2,14-16,18H2,1H3. The maximum Gasteiger partial charge on any atom is 0.338 e. The van der Waals surface area contributed by atoms with E-state index in [2.05, 4.69) is 29.6 Å².